The van der Waals surface area contributed by atoms with E-state index in [0.717, 1.165) is 34.9 Å². The summed E-state index contributed by atoms with van der Waals surface area (Å²) in [4.78, 5) is 7.64. The zero-order chi connectivity index (χ0) is 11.0. The molecule has 2 unspecified atom stereocenters. The highest BCUT2D eigenvalue weighted by Gasteiger charge is 2.28. The number of anilines is 1. The predicted molar refractivity (Wildman–Crippen MR) is 67.2 cm³/mol. The van der Waals surface area contributed by atoms with Gasteiger partial charge in [0.05, 0.1) is 10.8 Å². The van der Waals surface area contributed by atoms with Crippen molar-refractivity contribution in [1.29, 1.82) is 0 Å². The molecule has 0 N–H and O–H groups in total. The molecule has 1 aromatic heterocycles. The van der Waals surface area contributed by atoms with Gasteiger partial charge in [0.25, 0.3) is 0 Å². The van der Waals surface area contributed by atoms with Gasteiger partial charge >= 0.3 is 0 Å². The van der Waals surface area contributed by atoms with Crippen LogP contribution in [0.3, 0.4) is 0 Å². The van der Waals surface area contributed by atoms with Crippen LogP contribution in [0, 0.1) is 11.8 Å². The second-order valence-corrected chi connectivity index (χ2v) is 5.89. The molecule has 2 heterocycles. The monoisotopic (exact) mass is 264 g/mol. The molecule has 0 amide bonds. The van der Waals surface area contributed by atoms with E-state index in [1.165, 1.54) is 0 Å². The number of aromatic nitrogens is 1. The Morgan fingerprint density at radius 2 is 2.00 bits per heavy atom. The molecule has 15 heavy (non-hydrogen) atoms. The summed E-state index contributed by atoms with van der Waals surface area (Å²) in [6.07, 6.45) is 0. The second kappa shape index (κ2) is 4.48. The van der Waals surface area contributed by atoms with E-state index in [4.69, 9.17) is 23.2 Å². The van der Waals surface area contributed by atoms with Crippen LogP contribution >= 0.6 is 34.5 Å². The van der Waals surface area contributed by atoms with Crippen molar-refractivity contribution in [3.63, 3.8) is 0 Å². The van der Waals surface area contributed by atoms with Gasteiger partial charge in [-0.3, -0.25) is 0 Å². The van der Waals surface area contributed by atoms with Crippen LogP contribution in [-0.2, 0) is 5.88 Å². The Bertz CT molecular complexity index is 343. The Hall–Kier alpha value is 0.01000. The van der Waals surface area contributed by atoms with Crippen molar-refractivity contribution in [3.05, 3.63) is 10.0 Å². The Morgan fingerprint density at radius 3 is 2.47 bits per heavy atom. The van der Waals surface area contributed by atoms with E-state index in [9.17, 15) is 0 Å². The lowest BCUT2D eigenvalue weighted by molar-refractivity contribution is 0.494. The Morgan fingerprint density at radius 1 is 1.40 bits per heavy atom. The van der Waals surface area contributed by atoms with Crippen molar-refractivity contribution in [2.45, 2.75) is 19.7 Å². The molecule has 1 aliphatic heterocycles. The third-order valence-corrected chi connectivity index (χ3v) is 4.98. The molecule has 2 nitrogen and oxygen atoms in total. The number of hydrogen-bond donors (Lipinski definition) is 0. The summed E-state index contributed by atoms with van der Waals surface area (Å²) in [5.74, 6) is 1.91. The van der Waals surface area contributed by atoms with E-state index in [1.54, 1.807) is 11.3 Å². The Labute approximate surface area is 104 Å². The van der Waals surface area contributed by atoms with E-state index < -0.39 is 0 Å². The molecule has 1 saturated heterocycles. The van der Waals surface area contributed by atoms with Crippen LogP contribution in [0.25, 0.3) is 0 Å². The molecule has 2 rings (SSSR count). The number of nitrogens with zero attached hydrogens (tertiary/aromatic N) is 2. The molecule has 0 saturated carbocycles. The highest BCUT2D eigenvalue weighted by Crippen LogP contribution is 2.34. The molecule has 0 radical (unpaired) electrons. The highest BCUT2D eigenvalue weighted by molar-refractivity contribution is 7.16. The van der Waals surface area contributed by atoms with Crippen molar-refractivity contribution in [2.24, 2.45) is 11.8 Å². The van der Waals surface area contributed by atoms with Gasteiger partial charge in [-0.2, -0.15) is 0 Å². The zero-order valence-corrected chi connectivity index (χ0v) is 11.2. The van der Waals surface area contributed by atoms with Crippen molar-refractivity contribution >= 4 is 39.7 Å². The third-order valence-electron chi connectivity index (χ3n) is 3.02. The van der Waals surface area contributed by atoms with E-state index in [2.05, 4.69) is 23.7 Å². The van der Waals surface area contributed by atoms with E-state index in [0.29, 0.717) is 11.0 Å². The Balaban J connectivity index is 2.17. The van der Waals surface area contributed by atoms with Crippen LogP contribution < -0.4 is 4.90 Å². The fraction of sp³-hybridized carbons (Fsp3) is 0.700. The average Bonchev–Trinajstić information content (AvgIpc) is 2.71. The van der Waals surface area contributed by atoms with Gasteiger partial charge in [0.15, 0.2) is 5.13 Å². The normalized spacial score (nSPS) is 26.3. The SMILES string of the molecule is CC1CN(c2nc(Cl)c(CCl)s2)CC1C. The summed E-state index contributed by atoms with van der Waals surface area (Å²) >= 11 is 13.4. The van der Waals surface area contributed by atoms with Crippen LogP contribution in [0.15, 0.2) is 0 Å². The van der Waals surface area contributed by atoms with Crippen molar-refractivity contribution < 1.29 is 0 Å². The number of alkyl halides is 1. The first-order valence-electron chi connectivity index (χ1n) is 5.08. The lowest BCUT2D eigenvalue weighted by Crippen LogP contribution is -2.19. The largest absolute Gasteiger partial charge is 0.347 e. The topological polar surface area (TPSA) is 16.1 Å². The fourth-order valence-electron chi connectivity index (χ4n) is 1.82. The van der Waals surface area contributed by atoms with Gasteiger partial charge in [0.2, 0.25) is 0 Å². The van der Waals surface area contributed by atoms with Gasteiger partial charge < -0.3 is 4.90 Å². The maximum Gasteiger partial charge on any atom is 0.187 e. The van der Waals surface area contributed by atoms with Crippen LogP contribution in [-0.4, -0.2) is 18.1 Å². The van der Waals surface area contributed by atoms with Gasteiger partial charge in [-0.15, -0.1) is 11.6 Å². The first kappa shape index (κ1) is 11.5. The van der Waals surface area contributed by atoms with Crippen LogP contribution in [0.5, 0.6) is 0 Å². The summed E-state index contributed by atoms with van der Waals surface area (Å²) in [6, 6.07) is 0. The summed E-state index contributed by atoms with van der Waals surface area (Å²) < 4.78 is 0. The molecule has 5 heteroatoms. The average molecular weight is 265 g/mol. The number of rotatable bonds is 2. The van der Waals surface area contributed by atoms with E-state index in [1.807, 2.05) is 0 Å². The van der Waals surface area contributed by atoms with Gasteiger partial charge in [0, 0.05) is 13.1 Å². The van der Waals surface area contributed by atoms with Crippen molar-refractivity contribution in [2.75, 3.05) is 18.0 Å². The summed E-state index contributed by atoms with van der Waals surface area (Å²) in [5, 5.41) is 1.59. The lowest BCUT2D eigenvalue weighted by Gasteiger charge is -2.13. The molecule has 0 aliphatic carbocycles. The molecule has 84 valence electrons. The summed E-state index contributed by atoms with van der Waals surface area (Å²) in [5.41, 5.74) is 0. The first-order chi connectivity index (χ1) is 7.11. The molecule has 1 fully saturated rings. The maximum absolute atomic E-state index is 5.98. The van der Waals surface area contributed by atoms with Gasteiger partial charge in [-0.05, 0) is 11.8 Å². The number of hydrogen-bond acceptors (Lipinski definition) is 3. The molecular formula is C10H14Cl2N2S. The molecule has 1 aromatic rings. The summed E-state index contributed by atoms with van der Waals surface area (Å²) in [6.45, 7) is 6.71. The molecule has 1 aliphatic rings. The van der Waals surface area contributed by atoms with Gasteiger partial charge in [0.1, 0.15) is 5.15 Å². The van der Waals surface area contributed by atoms with Gasteiger partial charge in [-0.25, -0.2) is 4.98 Å². The van der Waals surface area contributed by atoms with E-state index >= 15 is 0 Å². The third kappa shape index (κ3) is 2.24. The van der Waals surface area contributed by atoms with Crippen LogP contribution in [0.1, 0.15) is 18.7 Å². The number of thiazole rings is 1. The number of halogens is 2. The van der Waals surface area contributed by atoms with Crippen molar-refractivity contribution in [3.8, 4) is 0 Å². The lowest BCUT2D eigenvalue weighted by atomic mass is 10.0. The highest BCUT2D eigenvalue weighted by atomic mass is 35.5. The minimum Gasteiger partial charge on any atom is -0.347 e. The standard InChI is InChI=1S/C10H14Cl2N2S/c1-6-4-14(5-7(6)2)10-13-9(12)8(3-11)15-10/h6-7H,3-5H2,1-2H3. The van der Waals surface area contributed by atoms with E-state index in [-0.39, 0.29) is 0 Å². The predicted octanol–water partition coefficient (Wildman–Crippen LogP) is 3.63. The van der Waals surface area contributed by atoms with Crippen LogP contribution in [0.4, 0.5) is 5.13 Å². The zero-order valence-electron chi connectivity index (χ0n) is 8.83. The minimum absolute atomic E-state index is 0.454. The maximum atomic E-state index is 5.98. The Kier molecular flexibility index (Phi) is 3.43. The second-order valence-electron chi connectivity index (χ2n) is 4.20. The minimum atomic E-state index is 0.454. The molecular weight excluding hydrogens is 251 g/mol. The quantitative estimate of drug-likeness (QED) is 0.759. The fourth-order valence-corrected chi connectivity index (χ4v) is 3.32. The smallest absolute Gasteiger partial charge is 0.187 e. The van der Waals surface area contributed by atoms with Gasteiger partial charge in [-0.1, -0.05) is 36.8 Å². The molecule has 2 atom stereocenters. The molecule has 0 aromatic carbocycles. The summed E-state index contributed by atoms with van der Waals surface area (Å²) in [7, 11) is 0. The molecule has 0 bridgehead atoms. The van der Waals surface area contributed by atoms with Crippen LogP contribution in [0.2, 0.25) is 5.15 Å². The van der Waals surface area contributed by atoms with Crippen molar-refractivity contribution in [1.82, 2.24) is 4.98 Å². The first-order valence-corrected chi connectivity index (χ1v) is 6.80. The molecule has 0 spiro atoms.